The van der Waals surface area contributed by atoms with Gasteiger partial charge in [0.05, 0.1) is 6.04 Å². The molecule has 1 atom stereocenters. The minimum Gasteiger partial charge on any atom is -0.350 e. The van der Waals surface area contributed by atoms with E-state index in [9.17, 15) is 4.79 Å². The zero-order valence-electron chi connectivity index (χ0n) is 16.1. The van der Waals surface area contributed by atoms with Crippen molar-refractivity contribution in [2.75, 3.05) is 0 Å². The van der Waals surface area contributed by atoms with E-state index in [0.717, 1.165) is 6.42 Å². The van der Waals surface area contributed by atoms with Crippen LogP contribution < -0.4 is 5.32 Å². The molecule has 0 aliphatic rings. The fraction of sp³-hybridized carbons (Fsp3) is 0.292. The van der Waals surface area contributed by atoms with Gasteiger partial charge in [0.1, 0.15) is 0 Å². The first-order valence-electron chi connectivity index (χ1n) is 9.29. The second-order valence-electron chi connectivity index (χ2n) is 7.22. The molecule has 2 heteroatoms. The van der Waals surface area contributed by atoms with E-state index in [-0.39, 0.29) is 11.9 Å². The Morgan fingerprint density at radius 1 is 0.923 bits per heavy atom. The number of hydrogen-bond acceptors (Lipinski definition) is 1. The molecule has 0 saturated carbocycles. The van der Waals surface area contributed by atoms with Crippen LogP contribution in [-0.4, -0.2) is 5.91 Å². The molecule has 0 aromatic heterocycles. The van der Waals surface area contributed by atoms with Gasteiger partial charge in [-0.3, -0.25) is 4.79 Å². The fourth-order valence-electron chi connectivity index (χ4n) is 3.60. The first-order valence-corrected chi connectivity index (χ1v) is 9.29. The number of carbonyl (C=O) groups excluding carboxylic acids is 1. The van der Waals surface area contributed by atoms with Crippen molar-refractivity contribution in [1.82, 2.24) is 5.32 Å². The van der Waals surface area contributed by atoms with Crippen molar-refractivity contribution in [2.24, 2.45) is 0 Å². The lowest BCUT2D eigenvalue weighted by molar-refractivity contribution is -0.121. The van der Waals surface area contributed by atoms with Crippen molar-refractivity contribution in [1.29, 1.82) is 0 Å². The molecule has 134 valence electrons. The number of aryl methyl sites for hydroxylation is 4. The number of benzene rings is 3. The van der Waals surface area contributed by atoms with Gasteiger partial charge < -0.3 is 5.32 Å². The number of nitrogens with one attached hydrogen (secondary N) is 1. The molecule has 2 nitrogen and oxygen atoms in total. The zero-order valence-corrected chi connectivity index (χ0v) is 16.1. The van der Waals surface area contributed by atoms with Gasteiger partial charge in [0.15, 0.2) is 0 Å². The van der Waals surface area contributed by atoms with Gasteiger partial charge in [-0.05, 0) is 72.7 Å². The highest BCUT2D eigenvalue weighted by Crippen LogP contribution is 2.22. The molecule has 0 fully saturated rings. The lowest BCUT2D eigenvalue weighted by atomic mass is 9.96. The highest BCUT2D eigenvalue weighted by Gasteiger charge is 2.13. The number of carbonyl (C=O) groups is 1. The maximum absolute atomic E-state index is 12.5. The van der Waals surface area contributed by atoms with E-state index in [1.54, 1.807) is 0 Å². The molecule has 1 amide bonds. The van der Waals surface area contributed by atoms with Crippen LogP contribution in [0.5, 0.6) is 0 Å². The summed E-state index contributed by atoms with van der Waals surface area (Å²) < 4.78 is 0. The third kappa shape index (κ3) is 3.96. The molecule has 3 aromatic rings. The molecule has 0 bridgehead atoms. The standard InChI is InChI=1S/C24H27NO/c1-16-14-18(3)23(15-17(16)2)19(4)25-24(26)13-12-21-10-7-9-20-8-5-6-11-22(20)21/h5-11,14-15,19H,12-13H2,1-4H3,(H,25,26). The Bertz CT molecular complexity index is 937. The van der Waals surface area contributed by atoms with Crippen LogP contribution >= 0.6 is 0 Å². The van der Waals surface area contributed by atoms with Gasteiger partial charge in [-0.2, -0.15) is 0 Å². The van der Waals surface area contributed by atoms with Crippen LogP contribution in [0.4, 0.5) is 0 Å². The van der Waals surface area contributed by atoms with Crippen LogP contribution in [0.1, 0.15) is 47.2 Å². The first kappa shape index (κ1) is 18.2. The van der Waals surface area contributed by atoms with E-state index in [2.05, 4.69) is 81.5 Å². The summed E-state index contributed by atoms with van der Waals surface area (Å²) in [5.41, 5.74) is 6.22. The molecule has 0 aliphatic carbocycles. The van der Waals surface area contributed by atoms with Gasteiger partial charge in [-0.1, -0.05) is 54.6 Å². The largest absolute Gasteiger partial charge is 0.350 e. The fourth-order valence-corrected chi connectivity index (χ4v) is 3.60. The zero-order chi connectivity index (χ0) is 18.7. The summed E-state index contributed by atoms with van der Waals surface area (Å²) in [4.78, 5) is 12.5. The average Bonchev–Trinajstić information content (AvgIpc) is 2.62. The minimum atomic E-state index is 0.0225. The molecule has 0 heterocycles. The number of fused-ring (bicyclic) bond motifs is 1. The van der Waals surface area contributed by atoms with Gasteiger partial charge in [0.2, 0.25) is 5.91 Å². The van der Waals surface area contributed by atoms with Crippen LogP contribution in [0.25, 0.3) is 10.8 Å². The normalized spacial score (nSPS) is 12.2. The minimum absolute atomic E-state index is 0.0225. The monoisotopic (exact) mass is 345 g/mol. The third-order valence-corrected chi connectivity index (χ3v) is 5.23. The van der Waals surface area contributed by atoms with E-state index in [4.69, 9.17) is 0 Å². The van der Waals surface area contributed by atoms with Gasteiger partial charge >= 0.3 is 0 Å². The van der Waals surface area contributed by atoms with Crippen LogP contribution in [0.3, 0.4) is 0 Å². The van der Waals surface area contributed by atoms with Crippen LogP contribution in [0, 0.1) is 20.8 Å². The van der Waals surface area contributed by atoms with E-state index < -0.39 is 0 Å². The predicted octanol–water partition coefficient (Wildman–Crippen LogP) is 5.58. The van der Waals surface area contributed by atoms with Gasteiger partial charge in [0.25, 0.3) is 0 Å². The Morgan fingerprint density at radius 3 is 2.42 bits per heavy atom. The molecule has 0 aliphatic heterocycles. The maximum atomic E-state index is 12.5. The summed E-state index contributed by atoms with van der Waals surface area (Å²) in [6.45, 7) is 8.42. The van der Waals surface area contributed by atoms with Crippen molar-refractivity contribution in [2.45, 2.75) is 46.6 Å². The van der Waals surface area contributed by atoms with Crippen LogP contribution in [0.15, 0.2) is 54.6 Å². The molecule has 3 rings (SSSR count). The summed E-state index contributed by atoms with van der Waals surface area (Å²) in [5, 5.41) is 5.63. The maximum Gasteiger partial charge on any atom is 0.220 e. The van der Waals surface area contributed by atoms with Gasteiger partial charge in [-0.15, -0.1) is 0 Å². The Hall–Kier alpha value is -2.61. The predicted molar refractivity (Wildman–Crippen MR) is 109 cm³/mol. The van der Waals surface area contributed by atoms with E-state index in [0.29, 0.717) is 6.42 Å². The quantitative estimate of drug-likeness (QED) is 0.643. The molecule has 3 aromatic carbocycles. The summed E-state index contributed by atoms with van der Waals surface area (Å²) in [6, 6.07) is 19.1. The van der Waals surface area contributed by atoms with E-state index >= 15 is 0 Å². The molecule has 1 N–H and O–H groups in total. The van der Waals surface area contributed by atoms with Gasteiger partial charge in [0, 0.05) is 6.42 Å². The number of amides is 1. The van der Waals surface area contributed by atoms with Crippen molar-refractivity contribution < 1.29 is 4.79 Å². The molecular formula is C24H27NO. The lowest BCUT2D eigenvalue weighted by Crippen LogP contribution is -2.27. The van der Waals surface area contributed by atoms with Crippen molar-refractivity contribution in [3.63, 3.8) is 0 Å². The molecular weight excluding hydrogens is 318 g/mol. The highest BCUT2D eigenvalue weighted by molar-refractivity contribution is 5.86. The third-order valence-electron chi connectivity index (χ3n) is 5.23. The highest BCUT2D eigenvalue weighted by atomic mass is 16.1. The first-order chi connectivity index (χ1) is 12.5. The molecule has 0 saturated heterocycles. The number of rotatable bonds is 5. The summed E-state index contributed by atoms with van der Waals surface area (Å²) >= 11 is 0. The summed E-state index contributed by atoms with van der Waals surface area (Å²) in [6.07, 6.45) is 1.26. The Balaban J connectivity index is 1.66. The van der Waals surface area contributed by atoms with Crippen molar-refractivity contribution in [3.8, 4) is 0 Å². The van der Waals surface area contributed by atoms with Crippen LogP contribution in [0.2, 0.25) is 0 Å². The summed E-state index contributed by atoms with van der Waals surface area (Å²) in [5.74, 6) is 0.100. The smallest absolute Gasteiger partial charge is 0.220 e. The molecule has 26 heavy (non-hydrogen) atoms. The molecule has 0 radical (unpaired) electrons. The molecule has 0 spiro atoms. The Kier molecular flexibility index (Phi) is 5.41. The SMILES string of the molecule is Cc1cc(C)c(C(C)NC(=O)CCc2cccc3ccccc23)cc1C. The van der Waals surface area contributed by atoms with Crippen molar-refractivity contribution >= 4 is 16.7 Å². The average molecular weight is 345 g/mol. The second-order valence-corrected chi connectivity index (χ2v) is 7.22. The Labute approximate surface area is 156 Å². The van der Waals surface area contributed by atoms with E-state index in [1.165, 1.54) is 38.6 Å². The molecule has 1 unspecified atom stereocenters. The topological polar surface area (TPSA) is 29.1 Å². The van der Waals surface area contributed by atoms with Gasteiger partial charge in [-0.25, -0.2) is 0 Å². The van der Waals surface area contributed by atoms with E-state index in [1.807, 2.05) is 6.07 Å². The number of hydrogen-bond donors (Lipinski definition) is 1. The second kappa shape index (κ2) is 7.74. The lowest BCUT2D eigenvalue weighted by Gasteiger charge is -2.18. The summed E-state index contributed by atoms with van der Waals surface area (Å²) in [7, 11) is 0. The Morgan fingerprint density at radius 2 is 1.62 bits per heavy atom. The van der Waals surface area contributed by atoms with Crippen molar-refractivity contribution in [3.05, 3.63) is 82.4 Å². The van der Waals surface area contributed by atoms with Crippen LogP contribution in [-0.2, 0) is 11.2 Å².